The van der Waals surface area contributed by atoms with Crippen molar-refractivity contribution < 1.29 is 17.5 Å². The predicted molar refractivity (Wildman–Crippen MR) is 127 cm³/mol. The van der Waals surface area contributed by atoms with Gasteiger partial charge in [-0.05, 0) is 41.8 Å². The van der Waals surface area contributed by atoms with Crippen molar-refractivity contribution in [2.45, 2.75) is 24.9 Å². The molecule has 0 aliphatic rings. The highest BCUT2D eigenvalue weighted by Gasteiger charge is 2.13. The molecule has 7 nitrogen and oxygen atoms in total. The number of benzene rings is 2. The van der Waals surface area contributed by atoms with Gasteiger partial charge in [0.25, 0.3) is 0 Å². The summed E-state index contributed by atoms with van der Waals surface area (Å²) in [6.45, 7) is 3.11. The number of nitrogens with one attached hydrogen (secondary N) is 3. The molecule has 2 rings (SSSR count). The number of hydrogen-bond donors (Lipinski definition) is 3. The minimum absolute atomic E-state index is 0. The number of sulfonamides is 1. The lowest BCUT2D eigenvalue weighted by atomic mass is 10.1. The Hall–Kier alpha value is -1.76. The number of guanidine groups is 1. The maximum absolute atomic E-state index is 13.4. The topological polar surface area (TPSA) is 91.8 Å². The summed E-state index contributed by atoms with van der Waals surface area (Å²) in [4.78, 5) is 4.35. The molecule has 166 valence electrons. The van der Waals surface area contributed by atoms with Crippen molar-refractivity contribution in [3.8, 4) is 0 Å². The molecule has 0 spiro atoms. The minimum Gasteiger partial charge on any atom is -0.383 e. The van der Waals surface area contributed by atoms with E-state index in [9.17, 15) is 12.8 Å². The van der Waals surface area contributed by atoms with Crippen LogP contribution in [0.1, 0.15) is 16.7 Å². The van der Waals surface area contributed by atoms with Crippen LogP contribution < -0.4 is 15.4 Å². The first-order valence-electron chi connectivity index (χ1n) is 9.13. The Morgan fingerprint density at radius 1 is 1.10 bits per heavy atom. The molecule has 0 aromatic heterocycles. The van der Waals surface area contributed by atoms with Crippen LogP contribution in [0.25, 0.3) is 0 Å². The van der Waals surface area contributed by atoms with E-state index >= 15 is 0 Å². The lowest BCUT2D eigenvalue weighted by Crippen LogP contribution is -2.36. The van der Waals surface area contributed by atoms with Gasteiger partial charge in [-0.1, -0.05) is 24.3 Å². The fourth-order valence-corrected chi connectivity index (χ4v) is 3.68. The SMILES string of the molecule is CN=C(NCc1cccc(S(=O)(=O)NCCOC)c1)NCc1ccc(F)c(C)c1.I. The van der Waals surface area contributed by atoms with Crippen LogP contribution in [-0.2, 0) is 27.8 Å². The smallest absolute Gasteiger partial charge is 0.240 e. The number of rotatable bonds is 9. The van der Waals surface area contributed by atoms with Crippen molar-refractivity contribution in [3.63, 3.8) is 0 Å². The first-order chi connectivity index (χ1) is 13.9. The van der Waals surface area contributed by atoms with Gasteiger partial charge in [-0.25, -0.2) is 17.5 Å². The van der Waals surface area contributed by atoms with Crippen LogP contribution in [-0.4, -0.2) is 41.7 Å². The maximum Gasteiger partial charge on any atom is 0.240 e. The Labute approximate surface area is 194 Å². The average molecular weight is 550 g/mol. The molecule has 2 aromatic carbocycles. The Balaban J connectivity index is 0.00000450. The molecule has 2 aromatic rings. The van der Waals surface area contributed by atoms with Crippen LogP contribution in [0.15, 0.2) is 52.4 Å². The summed E-state index contributed by atoms with van der Waals surface area (Å²) < 4.78 is 45.4. The summed E-state index contributed by atoms with van der Waals surface area (Å²) >= 11 is 0. The van der Waals surface area contributed by atoms with Crippen LogP contribution in [0, 0.1) is 12.7 Å². The third-order valence-electron chi connectivity index (χ3n) is 4.17. The standard InChI is InChI=1S/C20H27FN4O3S.HI/c1-15-11-17(7-8-19(15)21)14-24-20(22-2)23-13-16-5-4-6-18(12-16)29(26,27)25-9-10-28-3;/h4-8,11-12,25H,9-10,13-14H2,1-3H3,(H2,22,23,24);1H. The van der Waals surface area contributed by atoms with Crippen molar-refractivity contribution >= 4 is 40.0 Å². The van der Waals surface area contributed by atoms with Crippen molar-refractivity contribution in [2.75, 3.05) is 27.3 Å². The van der Waals surface area contributed by atoms with Gasteiger partial charge in [-0.15, -0.1) is 24.0 Å². The fourth-order valence-electron chi connectivity index (χ4n) is 2.59. The van der Waals surface area contributed by atoms with Gasteiger partial charge in [-0.3, -0.25) is 4.99 Å². The third-order valence-corrected chi connectivity index (χ3v) is 5.63. The molecule has 0 radical (unpaired) electrons. The highest BCUT2D eigenvalue weighted by molar-refractivity contribution is 14.0. The molecule has 0 aliphatic heterocycles. The first-order valence-corrected chi connectivity index (χ1v) is 10.6. The number of aryl methyl sites for hydroxylation is 1. The summed E-state index contributed by atoms with van der Waals surface area (Å²) in [6, 6.07) is 11.6. The van der Waals surface area contributed by atoms with Gasteiger partial charge in [-0.2, -0.15) is 0 Å². The van der Waals surface area contributed by atoms with Gasteiger partial charge < -0.3 is 15.4 Å². The molecule has 10 heteroatoms. The quantitative estimate of drug-likeness (QED) is 0.193. The molecule has 3 N–H and O–H groups in total. The molecule has 0 unspecified atom stereocenters. The van der Waals surface area contributed by atoms with Gasteiger partial charge in [0.1, 0.15) is 5.82 Å². The zero-order valence-electron chi connectivity index (χ0n) is 17.2. The summed E-state index contributed by atoms with van der Waals surface area (Å²) in [5.41, 5.74) is 2.31. The first kappa shape index (κ1) is 26.3. The van der Waals surface area contributed by atoms with E-state index in [2.05, 4.69) is 20.3 Å². The Bertz CT molecular complexity index is 955. The molecular formula is C20H28FIN4O3S. The second-order valence-electron chi connectivity index (χ2n) is 6.40. The lowest BCUT2D eigenvalue weighted by Gasteiger charge is -2.13. The predicted octanol–water partition coefficient (Wildman–Crippen LogP) is 2.54. The van der Waals surface area contributed by atoms with Crippen LogP contribution >= 0.6 is 24.0 Å². The van der Waals surface area contributed by atoms with Crippen molar-refractivity contribution in [1.29, 1.82) is 0 Å². The zero-order valence-corrected chi connectivity index (χ0v) is 20.4. The zero-order chi connectivity index (χ0) is 21.3. The molecule has 0 amide bonds. The summed E-state index contributed by atoms with van der Waals surface area (Å²) in [6.07, 6.45) is 0. The molecule has 0 atom stereocenters. The molecular weight excluding hydrogens is 522 g/mol. The average Bonchev–Trinajstić information content (AvgIpc) is 2.71. The molecule has 0 fully saturated rings. The van der Waals surface area contributed by atoms with Crippen LogP contribution in [0.5, 0.6) is 0 Å². The Kier molecular flexibility index (Phi) is 11.2. The molecule has 0 bridgehead atoms. The summed E-state index contributed by atoms with van der Waals surface area (Å²) in [5.74, 6) is 0.321. The van der Waals surface area contributed by atoms with E-state index in [0.29, 0.717) is 31.2 Å². The number of aliphatic imine (C=N–C) groups is 1. The van der Waals surface area contributed by atoms with Crippen molar-refractivity contribution in [3.05, 3.63) is 65.0 Å². The highest BCUT2D eigenvalue weighted by atomic mass is 127. The number of nitrogens with zero attached hydrogens (tertiary/aromatic N) is 1. The second-order valence-corrected chi connectivity index (χ2v) is 8.17. The summed E-state index contributed by atoms with van der Waals surface area (Å²) in [7, 11) is -0.430. The van der Waals surface area contributed by atoms with E-state index in [-0.39, 0.29) is 41.2 Å². The minimum atomic E-state index is -3.59. The van der Waals surface area contributed by atoms with E-state index in [1.165, 1.54) is 13.2 Å². The van der Waals surface area contributed by atoms with Gasteiger partial charge in [0, 0.05) is 33.8 Å². The van der Waals surface area contributed by atoms with E-state index in [0.717, 1.165) is 11.1 Å². The molecule has 30 heavy (non-hydrogen) atoms. The van der Waals surface area contributed by atoms with Gasteiger partial charge in [0.05, 0.1) is 11.5 Å². The number of methoxy groups -OCH3 is 1. The van der Waals surface area contributed by atoms with Crippen LogP contribution in [0.3, 0.4) is 0 Å². The third kappa shape index (κ3) is 8.17. The normalized spacial score (nSPS) is 11.7. The fraction of sp³-hybridized carbons (Fsp3) is 0.350. The largest absolute Gasteiger partial charge is 0.383 e. The second kappa shape index (κ2) is 12.8. The number of halogens is 2. The van der Waals surface area contributed by atoms with E-state index in [4.69, 9.17) is 4.74 Å². The Morgan fingerprint density at radius 3 is 2.37 bits per heavy atom. The van der Waals surface area contributed by atoms with Gasteiger partial charge in [0.2, 0.25) is 10.0 Å². The monoisotopic (exact) mass is 550 g/mol. The lowest BCUT2D eigenvalue weighted by molar-refractivity contribution is 0.204. The van der Waals surface area contributed by atoms with E-state index < -0.39 is 10.0 Å². The van der Waals surface area contributed by atoms with Gasteiger partial charge in [0.15, 0.2) is 5.96 Å². The van der Waals surface area contributed by atoms with Crippen LogP contribution in [0.4, 0.5) is 4.39 Å². The molecule has 0 saturated carbocycles. The summed E-state index contributed by atoms with van der Waals surface area (Å²) in [5, 5.41) is 6.30. The number of ether oxygens (including phenoxy) is 1. The van der Waals surface area contributed by atoms with Crippen LogP contribution in [0.2, 0.25) is 0 Å². The van der Waals surface area contributed by atoms with E-state index in [1.807, 2.05) is 6.07 Å². The van der Waals surface area contributed by atoms with Crippen molar-refractivity contribution in [1.82, 2.24) is 15.4 Å². The van der Waals surface area contributed by atoms with E-state index in [1.54, 1.807) is 44.3 Å². The molecule has 0 saturated heterocycles. The molecule has 0 aliphatic carbocycles. The van der Waals surface area contributed by atoms with Crippen molar-refractivity contribution in [2.24, 2.45) is 4.99 Å². The Morgan fingerprint density at radius 2 is 1.77 bits per heavy atom. The van der Waals surface area contributed by atoms with Gasteiger partial charge >= 0.3 is 0 Å². The maximum atomic E-state index is 13.4. The number of hydrogen-bond acceptors (Lipinski definition) is 4. The highest BCUT2D eigenvalue weighted by Crippen LogP contribution is 2.12. The molecule has 0 heterocycles.